The molecule has 18 heavy (non-hydrogen) atoms. The molecule has 1 aromatic carbocycles. The van der Waals surface area contributed by atoms with Crippen LogP contribution in [0.5, 0.6) is 5.75 Å². The molecule has 0 fully saturated rings. The monoisotopic (exact) mass is 249 g/mol. The van der Waals surface area contributed by atoms with Crippen molar-refractivity contribution >= 4 is 11.6 Å². The van der Waals surface area contributed by atoms with Crippen molar-refractivity contribution in [2.24, 2.45) is 5.92 Å². The van der Waals surface area contributed by atoms with Crippen LogP contribution in [0.4, 0.5) is 5.69 Å². The lowest BCUT2D eigenvalue weighted by molar-refractivity contribution is -0.116. The average Bonchev–Trinajstić information content (AvgIpc) is 2.18. The summed E-state index contributed by atoms with van der Waals surface area (Å²) in [5, 5.41) is 12.5. The van der Waals surface area contributed by atoms with Crippen LogP contribution in [0.3, 0.4) is 0 Å². The van der Waals surface area contributed by atoms with Crippen molar-refractivity contribution in [3.63, 3.8) is 0 Å². The SMILES string of the molecule is CC(C)CC(=O)Nc1cc(C(C)(C)C)ccc1O. The van der Waals surface area contributed by atoms with E-state index in [0.717, 1.165) is 5.56 Å². The van der Waals surface area contributed by atoms with Gasteiger partial charge in [-0.2, -0.15) is 0 Å². The number of amides is 1. The molecule has 100 valence electrons. The highest BCUT2D eigenvalue weighted by Crippen LogP contribution is 2.30. The summed E-state index contributed by atoms with van der Waals surface area (Å²) in [6, 6.07) is 5.35. The first-order valence-corrected chi connectivity index (χ1v) is 6.33. The zero-order chi connectivity index (χ0) is 13.9. The Morgan fingerprint density at radius 2 is 1.94 bits per heavy atom. The highest BCUT2D eigenvalue weighted by Gasteiger charge is 2.16. The number of hydrogen-bond acceptors (Lipinski definition) is 2. The zero-order valence-electron chi connectivity index (χ0n) is 11.9. The summed E-state index contributed by atoms with van der Waals surface area (Å²) in [5.74, 6) is 0.351. The van der Waals surface area contributed by atoms with Crippen molar-refractivity contribution < 1.29 is 9.90 Å². The zero-order valence-corrected chi connectivity index (χ0v) is 11.9. The fourth-order valence-electron chi connectivity index (χ4n) is 1.67. The molecule has 2 N–H and O–H groups in total. The number of aromatic hydroxyl groups is 1. The third kappa shape index (κ3) is 4.06. The molecule has 0 radical (unpaired) electrons. The molecule has 0 unspecified atom stereocenters. The summed E-state index contributed by atoms with van der Waals surface area (Å²) < 4.78 is 0. The van der Waals surface area contributed by atoms with Crippen LogP contribution in [0.2, 0.25) is 0 Å². The van der Waals surface area contributed by atoms with E-state index in [0.29, 0.717) is 18.0 Å². The second-order valence-electron chi connectivity index (χ2n) is 6.13. The Bertz CT molecular complexity index is 431. The van der Waals surface area contributed by atoms with Gasteiger partial charge in [-0.15, -0.1) is 0 Å². The Balaban J connectivity index is 2.92. The molecule has 0 heterocycles. The van der Waals surface area contributed by atoms with E-state index in [1.807, 2.05) is 26.0 Å². The molecule has 1 rings (SSSR count). The van der Waals surface area contributed by atoms with Gasteiger partial charge in [-0.25, -0.2) is 0 Å². The molecule has 1 aromatic rings. The fourth-order valence-corrected chi connectivity index (χ4v) is 1.67. The minimum Gasteiger partial charge on any atom is -0.506 e. The Kier molecular flexibility index (Phi) is 4.38. The van der Waals surface area contributed by atoms with E-state index in [2.05, 4.69) is 26.1 Å². The highest BCUT2D eigenvalue weighted by atomic mass is 16.3. The van der Waals surface area contributed by atoms with Crippen molar-refractivity contribution in [3.05, 3.63) is 23.8 Å². The van der Waals surface area contributed by atoms with Crippen LogP contribution in [-0.4, -0.2) is 11.0 Å². The van der Waals surface area contributed by atoms with Gasteiger partial charge in [0.1, 0.15) is 5.75 Å². The normalized spacial score (nSPS) is 11.7. The van der Waals surface area contributed by atoms with Gasteiger partial charge in [0.25, 0.3) is 0 Å². The maximum Gasteiger partial charge on any atom is 0.224 e. The van der Waals surface area contributed by atoms with Crippen molar-refractivity contribution in [1.82, 2.24) is 0 Å². The summed E-state index contributed by atoms with van der Waals surface area (Å²) in [6.45, 7) is 10.3. The van der Waals surface area contributed by atoms with Crippen LogP contribution in [0.1, 0.15) is 46.6 Å². The molecule has 3 nitrogen and oxygen atoms in total. The standard InChI is InChI=1S/C15H23NO2/c1-10(2)8-14(18)16-12-9-11(15(3,4)5)6-7-13(12)17/h6-7,9-10,17H,8H2,1-5H3,(H,16,18). The number of phenols is 1. The Morgan fingerprint density at radius 1 is 1.33 bits per heavy atom. The number of nitrogens with one attached hydrogen (secondary N) is 1. The highest BCUT2D eigenvalue weighted by molar-refractivity contribution is 5.92. The number of carbonyl (C=O) groups excluding carboxylic acids is 1. The molecule has 0 saturated heterocycles. The third-order valence-corrected chi connectivity index (χ3v) is 2.73. The van der Waals surface area contributed by atoms with E-state index >= 15 is 0 Å². The lowest BCUT2D eigenvalue weighted by atomic mass is 9.87. The quantitative estimate of drug-likeness (QED) is 0.803. The number of anilines is 1. The first-order valence-electron chi connectivity index (χ1n) is 6.33. The molecule has 0 aliphatic heterocycles. The Hall–Kier alpha value is -1.51. The molecular weight excluding hydrogens is 226 g/mol. The smallest absolute Gasteiger partial charge is 0.224 e. The van der Waals surface area contributed by atoms with E-state index in [4.69, 9.17) is 0 Å². The van der Waals surface area contributed by atoms with Crippen LogP contribution in [-0.2, 0) is 10.2 Å². The largest absolute Gasteiger partial charge is 0.506 e. The number of benzene rings is 1. The Labute approximate surface area is 109 Å². The predicted molar refractivity (Wildman–Crippen MR) is 74.9 cm³/mol. The van der Waals surface area contributed by atoms with E-state index in [9.17, 15) is 9.90 Å². The summed E-state index contributed by atoms with van der Waals surface area (Å²) in [7, 11) is 0. The van der Waals surface area contributed by atoms with E-state index in [1.165, 1.54) is 0 Å². The molecule has 0 bridgehead atoms. The molecule has 0 atom stereocenters. The summed E-state index contributed by atoms with van der Waals surface area (Å²) in [6.07, 6.45) is 0.458. The van der Waals surface area contributed by atoms with Gasteiger partial charge in [0.15, 0.2) is 0 Å². The summed E-state index contributed by atoms with van der Waals surface area (Å²) in [4.78, 5) is 11.7. The molecule has 1 amide bonds. The predicted octanol–water partition coefficient (Wildman–Crippen LogP) is 3.67. The Morgan fingerprint density at radius 3 is 2.44 bits per heavy atom. The van der Waals surface area contributed by atoms with E-state index < -0.39 is 0 Å². The summed E-state index contributed by atoms with van der Waals surface area (Å²) >= 11 is 0. The molecule has 0 saturated carbocycles. The van der Waals surface area contributed by atoms with Gasteiger partial charge in [0.2, 0.25) is 5.91 Å². The topological polar surface area (TPSA) is 49.3 Å². The van der Waals surface area contributed by atoms with E-state index in [1.54, 1.807) is 6.07 Å². The van der Waals surface area contributed by atoms with Crippen LogP contribution >= 0.6 is 0 Å². The van der Waals surface area contributed by atoms with Crippen molar-refractivity contribution in [2.45, 2.75) is 46.5 Å². The lowest BCUT2D eigenvalue weighted by Gasteiger charge is -2.20. The molecule has 0 aliphatic rings. The van der Waals surface area contributed by atoms with Crippen LogP contribution in [0.25, 0.3) is 0 Å². The van der Waals surface area contributed by atoms with Crippen molar-refractivity contribution in [1.29, 1.82) is 0 Å². The summed E-state index contributed by atoms with van der Waals surface area (Å²) in [5.41, 5.74) is 1.57. The van der Waals surface area contributed by atoms with Crippen LogP contribution in [0, 0.1) is 5.92 Å². The van der Waals surface area contributed by atoms with Crippen molar-refractivity contribution in [3.8, 4) is 5.75 Å². The second-order valence-corrected chi connectivity index (χ2v) is 6.13. The second kappa shape index (κ2) is 5.42. The molecule has 0 aromatic heterocycles. The maximum atomic E-state index is 11.7. The van der Waals surface area contributed by atoms with Gasteiger partial charge in [0, 0.05) is 6.42 Å². The number of carbonyl (C=O) groups is 1. The number of rotatable bonds is 3. The van der Waals surface area contributed by atoms with Crippen molar-refractivity contribution in [2.75, 3.05) is 5.32 Å². The fraction of sp³-hybridized carbons (Fsp3) is 0.533. The third-order valence-electron chi connectivity index (χ3n) is 2.73. The van der Waals surface area contributed by atoms with Gasteiger partial charge >= 0.3 is 0 Å². The first kappa shape index (κ1) is 14.6. The minimum atomic E-state index is -0.0636. The van der Waals surface area contributed by atoms with Gasteiger partial charge in [-0.3, -0.25) is 4.79 Å². The molecular formula is C15H23NO2. The molecule has 0 aliphatic carbocycles. The van der Waals surface area contributed by atoms with Crippen LogP contribution in [0.15, 0.2) is 18.2 Å². The van der Waals surface area contributed by atoms with Gasteiger partial charge in [0.05, 0.1) is 5.69 Å². The van der Waals surface area contributed by atoms with Gasteiger partial charge in [-0.05, 0) is 29.0 Å². The molecule has 0 spiro atoms. The lowest BCUT2D eigenvalue weighted by Crippen LogP contribution is -2.16. The average molecular weight is 249 g/mol. The van der Waals surface area contributed by atoms with Crippen LogP contribution < -0.4 is 5.32 Å². The van der Waals surface area contributed by atoms with Gasteiger partial charge in [-0.1, -0.05) is 40.7 Å². The van der Waals surface area contributed by atoms with Gasteiger partial charge < -0.3 is 10.4 Å². The maximum absolute atomic E-state index is 11.7. The minimum absolute atomic E-state index is 0.00870. The van der Waals surface area contributed by atoms with E-state index in [-0.39, 0.29) is 17.1 Å². The number of phenolic OH excluding ortho intramolecular Hbond substituents is 1. The first-order chi connectivity index (χ1) is 8.20. The molecule has 3 heteroatoms. The number of hydrogen-bond donors (Lipinski definition) is 2.